The zero-order chi connectivity index (χ0) is 47.3. The molecular weight excluding hydrogens is 835 g/mol. The van der Waals surface area contributed by atoms with Crippen molar-refractivity contribution in [2.75, 3.05) is 26.2 Å². The molecular formula is C41H65N13O10. The van der Waals surface area contributed by atoms with Crippen molar-refractivity contribution in [1.82, 2.24) is 31.1 Å². The molecule has 1 aromatic rings. The zero-order valence-electron chi connectivity index (χ0n) is 36.1. The first-order valence-electron chi connectivity index (χ1n) is 21.6. The normalized spacial score (nSPS) is 18.1. The Kier molecular flexibility index (Phi) is 21.4. The number of likely N-dealkylation sites (tertiary alicyclic amines) is 2. The fraction of sp³-hybridized carbons (Fsp3) is 0.610. The van der Waals surface area contributed by atoms with E-state index in [1.807, 2.05) is 0 Å². The molecule has 0 bridgehead atoms. The van der Waals surface area contributed by atoms with Crippen LogP contribution in [0.1, 0.15) is 89.0 Å². The van der Waals surface area contributed by atoms with Crippen LogP contribution in [0.4, 0.5) is 0 Å². The second-order valence-corrected chi connectivity index (χ2v) is 16.0. The van der Waals surface area contributed by atoms with Gasteiger partial charge in [-0.3, -0.25) is 43.3 Å². The van der Waals surface area contributed by atoms with Gasteiger partial charge < -0.3 is 70.6 Å². The van der Waals surface area contributed by atoms with Gasteiger partial charge in [0.15, 0.2) is 5.96 Å². The molecule has 7 unspecified atom stereocenters. The first-order chi connectivity index (χ1) is 30.4. The number of hydrogen-bond donors (Lipinski definition) is 11. The van der Waals surface area contributed by atoms with Crippen LogP contribution in [0, 0.1) is 0 Å². The van der Waals surface area contributed by atoms with Gasteiger partial charge in [0, 0.05) is 38.9 Å². The number of benzene rings is 1. The highest BCUT2D eigenvalue weighted by Crippen LogP contribution is 2.23. The average Bonchev–Trinajstić information content (AvgIpc) is 3.95. The maximum absolute atomic E-state index is 14.3. The second kappa shape index (κ2) is 26.3. The van der Waals surface area contributed by atoms with Crippen LogP contribution in [-0.2, 0) is 49.6 Å². The molecule has 2 saturated heterocycles. The van der Waals surface area contributed by atoms with E-state index in [4.69, 9.17) is 34.4 Å². The Morgan fingerprint density at radius 2 is 1.17 bits per heavy atom. The number of carboxylic acids is 1. The van der Waals surface area contributed by atoms with E-state index in [2.05, 4.69) is 26.3 Å². The van der Waals surface area contributed by atoms with Gasteiger partial charge in [-0.1, -0.05) is 30.3 Å². The van der Waals surface area contributed by atoms with Crippen LogP contribution < -0.4 is 55.7 Å². The summed E-state index contributed by atoms with van der Waals surface area (Å²) in [6, 6.07) is 0.0622. The fourth-order valence-corrected chi connectivity index (χ4v) is 7.65. The molecule has 0 spiro atoms. The molecule has 8 amide bonds. The van der Waals surface area contributed by atoms with Gasteiger partial charge in [0.25, 0.3) is 0 Å². The van der Waals surface area contributed by atoms with Crippen molar-refractivity contribution >= 4 is 59.2 Å². The largest absolute Gasteiger partial charge is 0.480 e. The fourth-order valence-electron chi connectivity index (χ4n) is 7.65. The summed E-state index contributed by atoms with van der Waals surface area (Å²) in [5.41, 5.74) is 34.0. The summed E-state index contributed by atoms with van der Waals surface area (Å²) >= 11 is 0. The first-order valence-corrected chi connectivity index (χ1v) is 21.6. The van der Waals surface area contributed by atoms with Crippen molar-refractivity contribution in [3.63, 3.8) is 0 Å². The van der Waals surface area contributed by atoms with Gasteiger partial charge in [0.1, 0.15) is 36.3 Å². The summed E-state index contributed by atoms with van der Waals surface area (Å²) in [6.45, 7) is 1.02. The molecule has 0 aliphatic carbocycles. The van der Waals surface area contributed by atoms with Gasteiger partial charge in [0.05, 0.1) is 6.04 Å². The van der Waals surface area contributed by atoms with Crippen LogP contribution in [0.5, 0.6) is 0 Å². The summed E-state index contributed by atoms with van der Waals surface area (Å²) in [5, 5.41) is 20.1. The molecule has 2 heterocycles. The summed E-state index contributed by atoms with van der Waals surface area (Å²) in [6.07, 6.45) is 1.81. The summed E-state index contributed by atoms with van der Waals surface area (Å²) in [4.78, 5) is 125. The molecule has 3 rings (SSSR count). The van der Waals surface area contributed by atoms with E-state index < -0.39 is 95.5 Å². The van der Waals surface area contributed by atoms with E-state index in [1.165, 1.54) is 9.80 Å². The molecule has 1 aromatic carbocycles. The number of carbonyl (C=O) groups excluding carboxylic acids is 8. The van der Waals surface area contributed by atoms with Crippen molar-refractivity contribution in [3.8, 4) is 0 Å². The maximum atomic E-state index is 14.3. The Morgan fingerprint density at radius 3 is 1.69 bits per heavy atom. The molecule has 2 fully saturated rings. The van der Waals surface area contributed by atoms with E-state index in [0.29, 0.717) is 50.6 Å². The minimum absolute atomic E-state index is 0.0828. The average molecular weight is 900 g/mol. The Hall–Kier alpha value is -6.36. The lowest BCUT2D eigenvalue weighted by Crippen LogP contribution is -2.59. The van der Waals surface area contributed by atoms with E-state index in [9.17, 15) is 48.3 Å². The molecule has 2 aliphatic rings. The SMILES string of the molecule is NCCCCC(NC(=O)C1CCCN1C(=O)C(N)CCCN=C(N)N)C(=O)N1CCCC1C(=O)NC(CCC(N)=O)C(=O)NC(CCC(N)=O)C(=O)NC(Cc1ccccc1)C(=O)O. The zero-order valence-corrected chi connectivity index (χ0v) is 36.1. The van der Waals surface area contributed by atoms with Crippen LogP contribution in [-0.4, -0.2) is 143 Å². The molecule has 64 heavy (non-hydrogen) atoms. The number of nitrogens with two attached hydrogens (primary N) is 6. The number of nitrogens with zero attached hydrogens (tertiary/aromatic N) is 3. The van der Waals surface area contributed by atoms with Crippen molar-refractivity contribution < 1.29 is 48.3 Å². The number of rotatable bonds is 27. The second-order valence-electron chi connectivity index (χ2n) is 16.0. The van der Waals surface area contributed by atoms with Gasteiger partial charge in [-0.15, -0.1) is 0 Å². The van der Waals surface area contributed by atoms with Gasteiger partial charge in [-0.2, -0.15) is 0 Å². The van der Waals surface area contributed by atoms with Crippen LogP contribution in [0.2, 0.25) is 0 Å². The molecule has 7 atom stereocenters. The number of aliphatic carboxylic acids is 1. The van der Waals surface area contributed by atoms with E-state index >= 15 is 0 Å². The Morgan fingerprint density at radius 1 is 0.656 bits per heavy atom. The predicted molar refractivity (Wildman–Crippen MR) is 233 cm³/mol. The highest BCUT2D eigenvalue weighted by molar-refractivity contribution is 5.97. The van der Waals surface area contributed by atoms with E-state index in [1.54, 1.807) is 30.3 Å². The molecule has 0 aromatic heterocycles. The monoisotopic (exact) mass is 899 g/mol. The lowest BCUT2D eigenvalue weighted by Gasteiger charge is -2.32. The van der Waals surface area contributed by atoms with Crippen molar-refractivity contribution in [2.24, 2.45) is 39.4 Å². The quantitative estimate of drug-likeness (QED) is 0.0230. The van der Waals surface area contributed by atoms with Gasteiger partial charge in [-0.05, 0) is 82.7 Å². The summed E-state index contributed by atoms with van der Waals surface area (Å²) in [5.74, 6) is -7.27. The minimum Gasteiger partial charge on any atom is -0.480 e. The molecule has 17 N–H and O–H groups in total. The minimum atomic E-state index is -1.49. The van der Waals surface area contributed by atoms with Gasteiger partial charge >= 0.3 is 5.97 Å². The summed E-state index contributed by atoms with van der Waals surface area (Å²) in [7, 11) is 0. The van der Waals surface area contributed by atoms with Crippen LogP contribution in [0.25, 0.3) is 0 Å². The molecule has 0 saturated carbocycles. The molecule has 2 aliphatic heterocycles. The topological polar surface area (TPSA) is 397 Å². The highest BCUT2D eigenvalue weighted by Gasteiger charge is 2.42. The number of amides is 8. The first kappa shape index (κ1) is 52.0. The van der Waals surface area contributed by atoms with Gasteiger partial charge in [-0.25, -0.2) is 4.79 Å². The smallest absolute Gasteiger partial charge is 0.326 e. The third-order valence-corrected chi connectivity index (χ3v) is 11.0. The maximum Gasteiger partial charge on any atom is 0.326 e. The van der Waals surface area contributed by atoms with Crippen LogP contribution in [0.15, 0.2) is 35.3 Å². The Bertz CT molecular complexity index is 1830. The molecule has 0 radical (unpaired) electrons. The summed E-state index contributed by atoms with van der Waals surface area (Å²) < 4.78 is 0. The number of carboxylic acid groups (broad SMARTS) is 1. The molecule has 23 heteroatoms. The Labute approximate surface area is 371 Å². The number of guanidine groups is 1. The van der Waals surface area contributed by atoms with Crippen molar-refractivity contribution in [1.29, 1.82) is 0 Å². The molecule has 23 nitrogen and oxygen atoms in total. The number of nitrogens with one attached hydrogen (secondary N) is 4. The van der Waals surface area contributed by atoms with Gasteiger partial charge in [0.2, 0.25) is 47.3 Å². The van der Waals surface area contributed by atoms with E-state index in [-0.39, 0.29) is 77.0 Å². The van der Waals surface area contributed by atoms with Crippen molar-refractivity contribution in [3.05, 3.63) is 35.9 Å². The van der Waals surface area contributed by atoms with Crippen LogP contribution >= 0.6 is 0 Å². The lowest BCUT2D eigenvalue weighted by atomic mass is 10.0. The third kappa shape index (κ3) is 16.7. The third-order valence-electron chi connectivity index (χ3n) is 11.0. The number of hydrogen-bond acceptors (Lipinski definition) is 12. The number of unbranched alkanes of at least 4 members (excludes halogenated alkanes) is 1. The number of carbonyl (C=O) groups is 9. The standard InChI is InChI=1S/C41H65N13O10/c42-19-5-4-12-28(51-37(60)30-13-7-21-53(30)38(61)25(43)11-6-20-48-41(46)47)39(62)54-22-8-14-31(54)36(59)50-27(16-18-33(45)56)34(57)49-26(15-17-32(44)55)35(58)52-29(40(63)64)23-24-9-2-1-3-10-24/h1-3,9-10,25-31H,4-8,11-23,42-43H2,(H2,44,55)(H2,45,56)(H,49,57)(H,50,59)(H,51,60)(H,52,58)(H,63,64)(H4,46,47,48). The molecule has 354 valence electrons. The van der Waals surface area contributed by atoms with Crippen molar-refractivity contribution in [2.45, 2.75) is 132 Å². The number of aliphatic imine (C=N–C) groups is 1. The highest BCUT2D eigenvalue weighted by atomic mass is 16.4. The predicted octanol–water partition coefficient (Wildman–Crippen LogP) is -3.72. The Balaban J connectivity index is 1.77. The lowest BCUT2D eigenvalue weighted by molar-refractivity contribution is -0.144. The number of primary amides is 2. The van der Waals surface area contributed by atoms with E-state index in [0.717, 1.165) is 0 Å². The van der Waals surface area contributed by atoms with Crippen LogP contribution in [0.3, 0.4) is 0 Å².